The average Bonchev–Trinajstić information content (AvgIpc) is 3.71. The number of benzene rings is 3. The summed E-state index contributed by atoms with van der Waals surface area (Å²) in [6.07, 6.45) is 0. The normalized spacial score (nSPS) is 11.7. The summed E-state index contributed by atoms with van der Waals surface area (Å²) in [7, 11) is 1.40. The number of carbonyl (C=O) groups is 3. The molecule has 0 fully saturated rings. The first-order valence-electron chi connectivity index (χ1n) is 18.4. The van der Waals surface area contributed by atoms with Gasteiger partial charge < -0.3 is 47.8 Å². The van der Waals surface area contributed by atoms with Crippen LogP contribution in [0.25, 0.3) is 11.4 Å². The molecule has 302 valence electrons. The van der Waals surface area contributed by atoms with E-state index in [9.17, 15) is 18.8 Å². The molecule has 57 heavy (non-hydrogen) atoms. The number of ether oxygens (including phenoxy) is 3. The van der Waals surface area contributed by atoms with Crippen LogP contribution in [0.3, 0.4) is 0 Å². The van der Waals surface area contributed by atoms with E-state index < -0.39 is 23.5 Å². The number of hydrogen-bond donors (Lipinski definition) is 6. The summed E-state index contributed by atoms with van der Waals surface area (Å²) in [5, 5.41) is 15.5. The molecule has 3 aromatic carbocycles. The van der Waals surface area contributed by atoms with Gasteiger partial charge in [-0.25, -0.2) is 13.8 Å². The van der Waals surface area contributed by atoms with Crippen molar-refractivity contribution in [2.75, 3.05) is 38.3 Å². The van der Waals surface area contributed by atoms with Crippen molar-refractivity contribution in [1.82, 2.24) is 30.2 Å². The molecule has 5 rings (SSSR count). The molecule has 0 aliphatic rings. The van der Waals surface area contributed by atoms with E-state index in [1.54, 1.807) is 31.2 Å². The van der Waals surface area contributed by atoms with Gasteiger partial charge in [-0.2, -0.15) is 10.2 Å². The van der Waals surface area contributed by atoms with Crippen molar-refractivity contribution in [3.05, 3.63) is 99.9 Å². The minimum atomic E-state index is -0.781. The number of nitrogens with two attached hydrogens (primary N) is 4. The first-order valence-corrected chi connectivity index (χ1v) is 18.4. The number of amides is 3. The standard InChI is InChI=1S/C40H49FN10O6/c1-7-56-30-15-23(9-12-27(30)50-36(38(44)52)32(42)34(48-50)21(3)4)19-46-18-22(5)35-33(43)37(39(45)53)51(49-35)28-13-10-24(16-31(28)57-8-2)20-47-40(54)26-17-25(41)11-14-29(26)55-6/h9-17,21-22,46H,7-8,18-20,42-43H2,1-6H3,(H2,44,52)(H2,45,53)(H,47,54). The zero-order valence-electron chi connectivity index (χ0n) is 32.8. The summed E-state index contributed by atoms with van der Waals surface area (Å²) in [4.78, 5) is 38.1. The van der Waals surface area contributed by atoms with E-state index in [4.69, 9.17) is 42.2 Å². The molecule has 1 atom stereocenters. The maximum absolute atomic E-state index is 13.9. The number of halogens is 1. The lowest BCUT2D eigenvalue weighted by Crippen LogP contribution is -2.23. The van der Waals surface area contributed by atoms with Gasteiger partial charge in [0.25, 0.3) is 17.7 Å². The smallest absolute Gasteiger partial charge is 0.269 e. The average molecular weight is 785 g/mol. The first-order chi connectivity index (χ1) is 27.2. The number of nitrogens with zero attached hydrogens (tertiary/aromatic N) is 4. The number of nitrogens with one attached hydrogen (secondary N) is 2. The fourth-order valence-corrected chi connectivity index (χ4v) is 6.40. The Labute approximate surface area is 329 Å². The quantitative estimate of drug-likeness (QED) is 0.0731. The molecule has 0 aliphatic carbocycles. The van der Waals surface area contributed by atoms with Crippen LogP contribution in [0.15, 0.2) is 54.6 Å². The number of methoxy groups -OCH3 is 1. The molecule has 0 spiro atoms. The van der Waals surface area contributed by atoms with E-state index in [1.165, 1.54) is 28.6 Å². The molecular weight excluding hydrogens is 736 g/mol. The molecule has 0 aliphatic heterocycles. The topological polar surface area (TPSA) is 243 Å². The molecular formula is C40H49FN10O6. The van der Waals surface area contributed by atoms with E-state index >= 15 is 0 Å². The van der Waals surface area contributed by atoms with Gasteiger partial charge >= 0.3 is 0 Å². The monoisotopic (exact) mass is 784 g/mol. The first kappa shape index (κ1) is 41.5. The van der Waals surface area contributed by atoms with Crippen LogP contribution in [0.5, 0.6) is 17.2 Å². The summed E-state index contributed by atoms with van der Waals surface area (Å²) in [5.41, 5.74) is 28.3. The minimum absolute atomic E-state index is 0.00999. The third-order valence-electron chi connectivity index (χ3n) is 9.13. The van der Waals surface area contributed by atoms with Crippen LogP contribution in [0.1, 0.15) is 100 Å². The maximum atomic E-state index is 13.9. The van der Waals surface area contributed by atoms with Gasteiger partial charge in [-0.05, 0) is 73.4 Å². The number of anilines is 2. The molecule has 1 unspecified atom stereocenters. The van der Waals surface area contributed by atoms with Gasteiger partial charge in [0.15, 0.2) is 11.4 Å². The number of nitrogen functional groups attached to an aromatic ring is 2. The van der Waals surface area contributed by atoms with Gasteiger partial charge in [-0.1, -0.05) is 32.9 Å². The van der Waals surface area contributed by atoms with Gasteiger partial charge in [0.1, 0.15) is 34.4 Å². The van der Waals surface area contributed by atoms with Crippen molar-refractivity contribution in [3.63, 3.8) is 0 Å². The lowest BCUT2D eigenvalue weighted by atomic mass is 10.1. The molecule has 2 heterocycles. The number of carbonyl (C=O) groups excluding carboxylic acids is 3. The van der Waals surface area contributed by atoms with Gasteiger partial charge in [0.05, 0.1) is 48.6 Å². The second-order valence-corrected chi connectivity index (χ2v) is 13.5. The van der Waals surface area contributed by atoms with Gasteiger partial charge in [0.2, 0.25) is 0 Å². The fraction of sp³-hybridized carbons (Fsp3) is 0.325. The lowest BCUT2D eigenvalue weighted by molar-refractivity contribution is 0.0944. The SMILES string of the molecule is CCOc1cc(CNCC(C)c2nn(-c3ccc(CNC(=O)c4cc(F)ccc4OC)cc3OCC)c(C(N)=O)c2N)ccc1-n1nc(C(C)C)c(N)c1C(N)=O. The highest BCUT2D eigenvalue weighted by Crippen LogP contribution is 2.33. The Kier molecular flexibility index (Phi) is 13.0. The van der Waals surface area contributed by atoms with E-state index in [0.717, 1.165) is 11.6 Å². The second-order valence-electron chi connectivity index (χ2n) is 13.5. The Morgan fingerprint density at radius 1 is 0.754 bits per heavy atom. The Morgan fingerprint density at radius 2 is 1.28 bits per heavy atom. The molecule has 17 heteroatoms. The molecule has 0 saturated heterocycles. The maximum Gasteiger partial charge on any atom is 0.269 e. The highest BCUT2D eigenvalue weighted by Gasteiger charge is 2.27. The minimum Gasteiger partial charge on any atom is -0.496 e. The number of rotatable bonds is 18. The molecule has 3 amide bonds. The van der Waals surface area contributed by atoms with E-state index in [2.05, 4.69) is 15.7 Å². The van der Waals surface area contributed by atoms with Crippen LogP contribution < -0.4 is 47.8 Å². The Morgan fingerprint density at radius 3 is 1.79 bits per heavy atom. The molecule has 0 saturated carbocycles. The summed E-state index contributed by atoms with van der Waals surface area (Å²) >= 11 is 0. The van der Waals surface area contributed by atoms with Crippen LogP contribution in [-0.2, 0) is 13.1 Å². The number of hydrogen-bond acceptors (Lipinski definition) is 11. The largest absolute Gasteiger partial charge is 0.496 e. The van der Waals surface area contributed by atoms with Crippen LogP contribution in [0, 0.1) is 5.82 Å². The van der Waals surface area contributed by atoms with Crippen molar-refractivity contribution in [2.45, 2.75) is 59.5 Å². The highest BCUT2D eigenvalue weighted by molar-refractivity contribution is 5.98. The van der Waals surface area contributed by atoms with Crippen LogP contribution in [0.4, 0.5) is 15.8 Å². The van der Waals surface area contributed by atoms with E-state index in [1.807, 2.05) is 39.8 Å². The van der Waals surface area contributed by atoms with Gasteiger partial charge in [-0.15, -0.1) is 0 Å². The second kappa shape index (κ2) is 17.9. The molecule has 0 bridgehead atoms. The lowest BCUT2D eigenvalue weighted by Gasteiger charge is -2.15. The Bertz CT molecular complexity index is 2280. The third-order valence-corrected chi connectivity index (χ3v) is 9.13. The van der Waals surface area contributed by atoms with E-state index in [0.29, 0.717) is 59.5 Å². The zero-order valence-corrected chi connectivity index (χ0v) is 32.8. The van der Waals surface area contributed by atoms with Crippen molar-refractivity contribution in [3.8, 4) is 28.6 Å². The Hall–Kier alpha value is -6.62. The van der Waals surface area contributed by atoms with E-state index in [-0.39, 0.29) is 59.1 Å². The molecule has 2 aromatic heterocycles. The highest BCUT2D eigenvalue weighted by atomic mass is 19.1. The number of primary amides is 2. The van der Waals surface area contributed by atoms with Gasteiger partial charge in [0, 0.05) is 25.6 Å². The Balaban J connectivity index is 1.34. The molecule has 5 aromatic rings. The summed E-state index contributed by atoms with van der Waals surface area (Å²) < 4.78 is 33.8. The predicted octanol–water partition coefficient (Wildman–Crippen LogP) is 4.31. The third kappa shape index (κ3) is 8.94. The van der Waals surface area contributed by atoms with Crippen LogP contribution in [0.2, 0.25) is 0 Å². The van der Waals surface area contributed by atoms with Crippen LogP contribution in [-0.4, -0.2) is 64.2 Å². The fourth-order valence-electron chi connectivity index (χ4n) is 6.40. The molecule has 10 N–H and O–H groups in total. The summed E-state index contributed by atoms with van der Waals surface area (Å²) in [6.45, 7) is 11.0. The van der Waals surface area contributed by atoms with Crippen molar-refractivity contribution in [2.24, 2.45) is 11.5 Å². The molecule has 16 nitrogen and oxygen atoms in total. The summed E-state index contributed by atoms with van der Waals surface area (Å²) in [6, 6.07) is 14.3. The zero-order chi connectivity index (χ0) is 41.6. The molecule has 0 radical (unpaired) electrons. The van der Waals surface area contributed by atoms with Crippen LogP contribution >= 0.6 is 0 Å². The van der Waals surface area contributed by atoms with Crippen molar-refractivity contribution < 1.29 is 33.0 Å². The van der Waals surface area contributed by atoms with Gasteiger partial charge in [-0.3, -0.25) is 14.4 Å². The summed E-state index contributed by atoms with van der Waals surface area (Å²) in [5.74, 6) is -1.80. The van der Waals surface area contributed by atoms with Crippen molar-refractivity contribution in [1.29, 1.82) is 0 Å². The van der Waals surface area contributed by atoms with Crippen molar-refractivity contribution >= 4 is 29.1 Å². The number of aromatic nitrogens is 4. The predicted molar refractivity (Wildman–Crippen MR) is 214 cm³/mol.